The Morgan fingerprint density at radius 2 is 2.31 bits per heavy atom. The first-order valence-electron chi connectivity index (χ1n) is 5.70. The van der Waals surface area contributed by atoms with Gasteiger partial charge in [-0.1, -0.05) is 6.92 Å². The summed E-state index contributed by atoms with van der Waals surface area (Å²) in [5, 5.41) is 0. The van der Waals surface area contributed by atoms with Gasteiger partial charge in [0.2, 0.25) is 0 Å². The predicted molar refractivity (Wildman–Crippen MR) is 53.8 cm³/mol. The van der Waals surface area contributed by atoms with Gasteiger partial charge in [-0.25, -0.2) is 0 Å². The SMILES string of the molecule is CCC(C)N1CCOC2CCCC21. The minimum atomic E-state index is 0.558. The van der Waals surface area contributed by atoms with E-state index in [0.29, 0.717) is 6.10 Å². The molecule has 0 aromatic carbocycles. The maximum Gasteiger partial charge on any atom is 0.0731 e. The lowest BCUT2D eigenvalue weighted by molar-refractivity contribution is -0.0695. The highest BCUT2D eigenvalue weighted by Crippen LogP contribution is 2.31. The average molecular weight is 183 g/mol. The second kappa shape index (κ2) is 3.97. The summed E-state index contributed by atoms with van der Waals surface area (Å²) in [6, 6.07) is 1.48. The summed E-state index contributed by atoms with van der Waals surface area (Å²) < 4.78 is 5.79. The Hall–Kier alpha value is -0.0800. The third-order valence-corrected chi connectivity index (χ3v) is 3.68. The van der Waals surface area contributed by atoms with Gasteiger partial charge in [0.25, 0.3) is 0 Å². The summed E-state index contributed by atoms with van der Waals surface area (Å²) in [7, 11) is 0. The Balaban J connectivity index is 2.01. The second-order valence-electron chi connectivity index (χ2n) is 4.40. The maximum atomic E-state index is 5.79. The monoisotopic (exact) mass is 183 g/mol. The summed E-state index contributed by atoms with van der Waals surface area (Å²) in [5.41, 5.74) is 0. The highest BCUT2D eigenvalue weighted by atomic mass is 16.5. The quantitative estimate of drug-likeness (QED) is 0.649. The number of rotatable bonds is 2. The molecule has 1 aliphatic carbocycles. The van der Waals surface area contributed by atoms with Crippen molar-refractivity contribution in [3.8, 4) is 0 Å². The fourth-order valence-electron chi connectivity index (χ4n) is 2.74. The van der Waals surface area contributed by atoms with E-state index in [1.807, 2.05) is 0 Å². The molecular formula is C11H21NO. The molecule has 1 saturated carbocycles. The molecule has 2 heteroatoms. The van der Waals surface area contributed by atoms with Gasteiger partial charge < -0.3 is 4.74 Å². The summed E-state index contributed by atoms with van der Waals surface area (Å²) in [6.45, 7) is 6.73. The lowest BCUT2D eigenvalue weighted by Gasteiger charge is -2.41. The molecule has 2 nitrogen and oxygen atoms in total. The van der Waals surface area contributed by atoms with Crippen LogP contribution in [0.15, 0.2) is 0 Å². The molecule has 0 bridgehead atoms. The van der Waals surface area contributed by atoms with E-state index in [9.17, 15) is 0 Å². The minimum absolute atomic E-state index is 0.558. The summed E-state index contributed by atoms with van der Waals surface area (Å²) in [5.74, 6) is 0. The van der Waals surface area contributed by atoms with Crippen molar-refractivity contribution in [1.82, 2.24) is 4.90 Å². The fourth-order valence-corrected chi connectivity index (χ4v) is 2.74. The molecule has 76 valence electrons. The zero-order chi connectivity index (χ0) is 9.26. The Kier molecular flexibility index (Phi) is 2.89. The van der Waals surface area contributed by atoms with Crippen LogP contribution in [-0.2, 0) is 4.74 Å². The molecule has 0 aromatic heterocycles. The molecule has 1 saturated heterocycles. The van der Waals surface area contributed by atoms with Gasteiger partial charge in [0.05, 0.1) is 12.7 Å². The van der Waals surface area contributed by atoms with E-state index in [-0.39, 0.29) is 0 Å². The number of ether oxygens (including phenoxy) is 1. The first-order valence-corrected chi connectivity index (χ1v) is 5.70. The molecule has 0 amide bonds. The van der Waals surface area contributed by atoms with Gasteiger partial charge in [0, 0.05) is 18.6 Å². The Morgan fingerprint density at radius 1 is 1.46 bits per heavy atom. The maximum absolute atomic E-state index is 5.79. The van der Waals surface area contributed by atoms with Crippen molar-refractivity contribution in [2.24, 2.45) is 0 Å². The smallest absolute Gasteiger partial charge is 0.0731 e. The van der Waals surface area contributed by atoms with Crippen molar-refractivity contribution in [2.45, 2.75) is 57.7 Å². The van der Waals surface area contributed by atoms with Crippen molar-refractivity contribution in [3.63, 3.8) is 0 Å². The number of hydrogen-bond acceptors (Lipinski definition) is 2. The topological polar surface area (TPSA) is 12.5 Å². The molecule has 1 aliphatic heterocycles. The molecule has 0 spiro atoms. The highest BCUT2D eigenvalue weighted by Gasteiger charge is 2.37. The van der Waals surface area contributed by atoms with E-state index in [1.165, 1.54) is 25.7 Å². The molecule has 2 fully saturated rings. The van der Waals surface area contributed by atoms with Gasteiger partial charge in [0.1, 0.15) is 0 Å². The summed E-state index contributed by atoms with van der Waals surface area (Å²) >= 11 is 0. The van der Waals surface area contributed by atoms with E-state index in [0.717, 1.165) is 25.2 Å². The van der Waals surface area contributed by atoms with E-state index < -0.39 is 0 Å². The molecule has 0 radical (unpaired) electrons. The van der Waals surface area contributed by atoms with E-state index >= 15 is 0 Å². The first kappa shape index (κ1) is 9.47. The van der Waals surface area contributed by atoms with Crippen LogP contribution in [0, 0.1) is 0 Å². The predicted octanol–water partition coefficient (Wildman–Crippen LogP) is 2.04. The first-order chi connectivity index (χ1) is 6.33. The Labute approximate surface area is 81.3 Å². The van der Waals surface area contributed by atoms with Crippen molar-refractivity contribution < 1.29 is 4.74 Å². The van der Waals surface area contributed by atoms with Crippen LogP contribution in [0.1, 0.15) is 39.5 Å². The van der Waals surface area contributed by atoms with Crippen LogP contribution in [0.3, 0.4) is 0 Å². The second-order valence-corrected chi connectivity index (χ2v) is 4.40. The molecular weight excluding hydrogens is 162 g/mol. The zero-order valence-corrected chi connectivity index (χ0v) is 8.83. The third kappa shape index (κ3) is 1.75. The Morgan fingerprint density at radius 3 is 3.08 bits per heavy atom. The number of hydrogen-bond donors (Lipinski definition) is 0. The van der Waals surface area contributed by atoms with E-state index in [2.05, 4.69) is 18.7 Å². The van der Waals surface area contributed by atoms with Gasteiger partial charge >= 0.3 is 0 Å². The van der Waals surface area contributed by atoms with Gasteiger partial charge in [-0.05, 0) is 32.6 Å². The van der Waals surface area contributed by atoms with Crippen molar-refractivity contribution in [2.75, 3.05) is 13.2 Å². The van der Waals surface area contributed by atoms with Gasteiger partial charge in [-0.15, -0.1) is 0 Å². The fraction of sp³-hybridized carbons (Fsp3) is 1.00. The van der Waals surface area contributed by atoms with Crippen LogP contribution < -0.4 is 0 Å². The highest BCUT2D eigenvalue weighted by molar-refractivity contribution is 4.91. The standard InChI is InChI=1S/C11H21NO/c1-3-9(2)12-7-8-13-11-6-4-5-10(11)12/h9-11H,3-8H2,1-2H3. The van der Waals surface area contributed by atoms with Crippen molar-refractivity contribution in [1.29, 1.82) is 0 Å². The van der Waals surface area contributed by atoms with Crippen molar-refractivity contribution in [3.05, 3.63) is 0 Å². The van der Waals surface area contributed by atoms with Crippen LogP contribution in [0.4, 0.5) is 0 Å². The van der Waals surface area contributed by atoms with Crippen LogP contribution in [0.2, 0.25) is 0 Å². The molecule has 13 heavy (non-hydrogen) atoms. The molecule has 1 heterocycles. The Bertz CT molecular complexity index is 171. The van der Waals surface area contributed by atoms with E-state index in [1.54, 1.807) is 0 Å². The average Bonchev–Trinajstić information content (AvgIpc) is 2.63. The third-order valence-electron chi connectivity index (χ3n) is 3.68. The molecule has 0 N–H and O–H groups in total. The number of morpholine rings is 1. The van der Waals surface area contributed by atoms with Gasteiger partial charge in [-0.2, -0.15) is 0 Å². The van der Waals surface area contributed by atoms with Gasteiger partial charge in [0.15, 0.2) is 0 Å². The summed E-state index contributed by atoms with van der Waals surface area (Å²) in [6.07, 6.45) is 5.83. The zero-order valence-electron chi connectivity index (χ0n) is 8.83. The normalized spacial score (nSPS) is 37.4. The lowest BCUT2D eigenvalue weighted by atomic mass is 10.1. The van der Waals surface area contributed by atoms with E-state index in [4.69, 9.17) is 4.74 Å². The molecule has 3 unspecified atom stereocenters. The lowest BCUT2D eigenvalue weighted by Crippen LogP contribution is -2.52. The molecule has 3 atom stereocenters. The van der Waals surface area contributed by atoms with Crippen LogP contribution in [-0.4, -0.2) is 36.2 Å². The molecule has 2 rings (SSSR count). The van der Waals surface area contributed by atoms with Crippen LogP contribution in [0.5, 0.6) is 0 Å². The van der Waals surface area contributed by atoms with Gasteiger partial charge in [-0.3, -0.25) is 4.90 Å². The molecule has 0 aromatic rings. The summed E-state index contributed by atoms with van der Waals surface area (Å²) in [4.78, 5) is 2.67. The van der Waals surface area contributed by atoms with Crippen LogP contribution >= 0.6 is 0 Å². The van der Waals surface area contributed by atoms with Crippen LogP contribution in [0.25, 0.3) is 0 Å². The number of fused-ring (bicyclic) bond motifs is 1. The largest absolute Gasteiger partial charge is 0.375 e. The minimum Gasteiger partial charge on any atom is -0.375 e. The molecule has 2 aliphatic rings. The van der Waals surface area contributed by atoms with Crippen molar-refractivity contribution >= 4 is 0 Å². The number of nitrogens with zero attached hydrogens (tertiary/aromatic N) is 1.